The largest absolute Gasteiger partial charge is 0.497 e. The summed E-state index contributed by atoms with van der Waals surface area (Å²) in [6.45, 7) is 0.934. The number of amides is 2. The fraction of sp³-hybridized carbons (Fsp3) is 0.333. The molecule has 0 aliphatic carbocycles. The van der Waals surface area contributed by atoms with E-state index in [9.17, 15) is 9.59 Å². The van der Waals surface area contributed by atoms with Gasteiger partial charge in [-0.05, 0) is 48.5 Å². The van der Waals surface area contributed by atoms with E-state index in [-0.39, 0.29) is 24.3 Å². The van der Waals surface area contributed by atoms with E-state index in [1.807, 2.05) is 24.3 Å². The highest BCUT2D eigenvalue weighted by Gasteiger charge is 2.30. The van der Waals surface area contributed by atoms with Crippen LogP contribution < -0.4 is 24.4 Å². The zero-order chi connectivity index (χ0) is 19.9. The minimum absolute atomic E-state index is 0.0545. The highest BCUT2D eigenvalue weighted by molar-refractivity contribution is 5.95. The van der Waals surface area contributed by atoms with Gasteiger partial charge in [0, 0.05) is 31.1 Å². The van der Waals surface area contributed by atoms with E-state index in [4.69, 9.17) is 14.2 Å². The van der Waals surface area contributed by atoms with Gasteiger partial charge in [0.1, 0.15) is 17.2 Å². The fourth-order valence-corrected chi connectivity index (χ4v) is 3.06. The molecular weight excluding hydrogens is 360 g/mol. The van der Waals surface area contributed by atoms with Crippen molar-refractivity contribution in [1.29, 1.82) is 0 Å². The topological polar surface area (TPSA) is 77.1 Å². The summed E-state index contributed by atoms with van der Waals surface area (Å²) in [5.74, 6) is 1.97. The van der Waals surface area contributed by atoms with Crippen molar-refractivity contribution in [3.05, 3.63) is 48.5 Å². The van der Waals surface area contributed by atoms with E-state index in [1.165, 1.54) is 0 Å². The number of ether oxygens (including phenoxy) is 3. The van der Waals surface area contributed by atoms with Gasteiger partial charge in [0.05, 0.1) is 14.2 Å². The van der Waals surface area contributed by atoms with Gasteiger partial charge in [0.2, 0.25) is 5.91 Å². The summed E-state index contributed by atoms with van der Waals surface area (Å²) < 4.78 is 15.7. The number of rotatable bonds is 8. The fourth-order valence-electron chi connectivity index (χ4n) is 3.06. The molecule has 7 heteroatoms. The first kappa shape index (κ1) is 19.5. The van der Waals surface area contributed by atoms with Crippen molar-refractivity contribution in [2.24, 2.45) is 5.92 Å². The molecule has 0 aromatic heterocycles. The standard InChI is InChI=1S/C21H24N2O5/c1-26-17-5-3-16(4-6-17)23-13-15(11-21(23)25)12-22-20(24)14-28-19-9-7-18(27-2)8-10-19/h3-10,15H,11-14H2,1-2H3,(H,22,24). The Morgan fingerprint density at radius 3 is 2.18 bits per heavy atom. The Hall–Kier alpha value is -3.22. The van der Waals surface area contributed by atoms with Crippen LogP contribution in [0.15, 0.2) is 48.5 Å². The first-order chi connectivity index (χ1) is 13.6. The van der Waals surface area contributed by atoms with Gasteiger partial charge in [-0.15, -0.1) is 0 Å². The highest BCUT2D eigenvalue weighted by atomic mass is 16.5. The molecule has 1 heterocycles. The van der Waals surface area contributed by atoms with Crippen LogP contribution in [0.1, 0.15) is 6.42 Å². The monoisotopic (exact) mass is 384 g/mol. The van der Waals surface area contributed by atoms with Crippen LogP contribution in [0.5, 0.6) is 17.2 Å². The number of anilines is 1. The molecule has 1 atom stereocenters. The number of benzene rings is 2. The molecule has 0 spiro atoms. The lowest BCUT2D eigenvalue weighted by molar-refractivity contribution is -0.123. The third-order valence-electron chi connectivity index (χ3n) is 4.61. The second-order valence-corrected chi connectivity index (χ2v) is 6.54. The molecule has 1 N–H and O–H groups in total. The van der Waals surface area contributed by atoms with Crippen LogP contribution in [0, 0.1) is 5.92 Å². The number of hydrogen-bond acceptors (Lipinski definition) is 5. The zero-order valence-electron chi connectivity index (χ0n) is 16.0. The van der Waals surface area contributed by atoms with Crippen molar-refractivity contribution in [3.8, 4) is 17.2 Å². The van der Waals surface area contributed by atoms with Gasteiger partial charge < -0.3 is 24.4 Å². The predicted molar refractivity (Wildman–Crippen MR) is 105 cm³/mol. The molecule has 28 heavy (non-hydrogen) atoms. The van der Waals surface area contributed by atoms with Gasteiger partial charge in [-0.3, -0.25) is 9.59 Å². The van der Waals surface area contributed by atoms with Crippen LogP contribution in [-0.2, 0) is 9.59 Å². The number of carbonyl (C=O) groups is 2. The Kier molecular flexibility index (Phi) is 6.37. The second kappa shape index (κ2) is 9.12. The Balaban J connectivity index is 1.44. The summed E-state index contributed by atoms with van der Waals surface area (Å²) in [4.78, 5) is 26.1. The number of methoxy groups -OCH3 is 2. The summed E-state index contributed by atoms with van der Waals surface area (Å²) in [5, 5.41) is 2.84. The smallest absolute Gasteiger partial charge is 0.257 e. The van der Waals surface area contributed by atoms with Gasteiger partial charge >= 0.3 is 0 Å². The number of carbonyl (C=O) groups excluding carboxylic acids is 2. The molecule has 0 radical (unpaired) electrons. The normalized spacial score (nSPS) is 16.0. The molecule has 7 nitrogen and oxygen atoms in total. The van der Waals surface area contributed by atoms with Crippen molar-refractivity contribution in [1.82, 2.24) is 5.32 Å². The molecule has 2 amide bonds. The van der Waals surface area contributed by atoms with Crippen LogP contribution in [0.2, 0.25) is 0 Å². The third kappa shape index (κ3) is 4.94. The number of hydrogen-bond donors (Lipinski definition) is 1. The van der Waals surface area contributed by atoms with Crippen LogP contribution >= 0.6 is 0 Å². The molecule has 1 saturated heterocycles. The van der Waals surface area contributed by atoms with Crippen LogP contribution in [0.4, 0.5) is 5.69 Å². The summed E-state index contributed by atoms with van der Waals surface area (Å²) in [7, 11) is 3.19. The summed E-state index contributed by atoms with van der Waals surface area (Å²) in [6.07, 6.45) is 0.408. The van der Waals surface area contributed by atoms with Gasteiger partial charge in [-0.2, -0.15) is 0 Å². The maximum absolute atomic E-state index is 12.3. The second-order valence-electron chi connectivity index (χ2n) is 6.54. The first-order valence-corrected chi connectivity index (χ1v) is 9.07. The number of nitrogens with zero attached hydrogens (tertiary/aromatic N) is 1. The van der Waals surface area contributed by atoms with Crippen molar-refractivity contribution in [3.63, 3.8) is 0 Å². The summed E-state index contributed by atoms with van der Waals surface area (Å²) in [6, 6.07) is 14.4. The maximum Gasteiger partial charge on any atom is 0.257 e. The minimum atomic E-state index is -0.217. The van der Waals surface area contributed by atoms with E-state index in [2.05, 4.69) is 5.32 Å². The molecule has 0 bridgehead atoms. The highest BCUT2D eigenvalue weighted by Crippen LogP contribution is 2.26. The summed E-state index contributed by atoms with van der Waals surface area (Å²) in [5.41, 5.74) is 0.836. The Bertz CT molecular complexity index is 805. The molecule has 2 aromatic carbocycles. The Morgan fingerprint density at radius 1 is 1.00 bits per heavy atom. The molecule has 148 valence electrons. The lowest BCUT2D eigenvalue weighted by Crippen LogP contribution is -2.34. The predicted octanol–water partition coefficient (Wildman–Crippen LogP) is 2.25. The van der Waals surface area contributed by atoms with E-state index in [1.54, 1.807) is 43.4 Å². The van der Waals surface area contributed by atoms with E-state index >= 15 is 0 Å². The number of nitrogens with one attached hydrogen (secondary N) is 1. The lowest BCUT2D eigenvalue weighted by atomic mass is 10.1. The molecule has 1 aliphatic rings. The van der Waals surface area contributed by atoms with Crippen molar-refractivity contribution in [2.45, 2.75) is 6.42 Å². The molecular formula is C21H24N2O5. The van der Waals surface area contributed by atoms with Crippen molar-refractivity contribution in [2.75, 3.05) is 38.8 Å². The SMILES string of the molecule is COc1ccc(OCC(=O)NCC2CC(=O)N(c3ccc(OC)cc3)C2)cc1. The molecule has 0 saturated carbocycles. The Labute approximate surface area is 164 Å². The maximum atomic E-state index is 12.3. The average Bonchev–Trinajstić information content (AvgIpc) is 3.11. The summed E-state index contributed by atoms with van der Waals surface area (Å²) >= 11 is 0. The van der Waals surface area contributed by atoms with Gasteiger partial charge in [0.15, 0.2) is 6.61 Å². The molecule has 1 aliphatic heterocycles. The zero-order valence-corrected chi connectivity index (χ0v) is 16.0. The molecule has 3 rings (SSSR count). The lowest BCUT2D eigenvalue weighted by Gasteiger charge is -2.17. The van der Waals surface area contributed by atoms with Crippen molar-refractivity contribution >= 4 is 17.5 Å². The van der Waals surface area contributed by atoms with Gasteiger partial charge in [0.25, 0.3) is 5.91 Å². The molecule has 1 fully saturated rings. The van der Waals surface area contributed by atoms with E-state index < -0.39 is 0 Å². The van der Waals surface area contributed by atoms with E-state index in [0.29, 0.717) is 25.3 Å². The first-order valence-electron chi connectivity index (χ1n) is 9.07. The average molecular weight is 384 g/mol. The van der Waals surface area contributed by atoms with Gasteiger partial charge in [-0.25, -0.2) is 0 Å². The molecule has 2 aromatic rings. The third-order valence-corrected chi connectivity index (χ3v) is 4.61. The van der Waals surface area contributed by atoms with Crippen LogP contribution in [0.25, 0.3) is 0 Å². The quantitative estimate of drug-likeness (QED) is 0.755. The molecule has 1 unspecified atom stereocenters. The minimum Gasteiger partial charge on any atom is -0.497 e. The van der Waals surface area contributed by atoms with Crippen LogP contribution in [-0.4, -0.2) is 45.7 Å². The van der Waals surface area contributed by atoms with Crippen molar-refractivity contribution < 1.29 is 23.8 Å². The Morgan fingerprint density at radius 2 is 1.57 bits per heavy atom. The van der Waals surface area contributed by atoms with Gasteiger partial charge in [-0.1, -0.05) is 0 Å². The van der Waals surface area contributed by atoms with E-state index in [0.717, 1.165) is 17.2 Å². The van der Waals surface area contributed by atoms with Crippen LogP contribution in [0.3, 0.4) is 0 Å².